The average Bonchev–Trinajstić information content (AvgIpc) is 3.24. The fourth-order valence-electron chi connectivity index (χ4n) is 7.67. The molecule has 0 saturated heterocycles. The molecule has 0 aromatic heterocycles. The highest BCUT2D eigenvalue weighted by Gasteiger charge is 2.27. The zero-order valence-electron chi connectivity index (χ0n) is 31.2. The lowest BCUT2D eigenvalue weighted by Crippen LogP contribution is -1.99. The first-order chi connectivity index (χ1) is 26.5. The first kappa shape index (κ1) is 34.4. The Morgan fingerprint density at radius 3 is 0.704 bits per heavy atom. The Bertz CT molecular complexity index is 2440. The number of hydrogen-bond donors (Lipinski definition) is 0. The van der Waals surface area contributed by atoms with Gasteiger partial charge in [-0.15, -0.1) is 0 Å². The lowest BCUT2D eigenvalue weighted by atomic mass is 9.77. The molecule has 8 rings (SSSR count). The second-order valence-corrected chi connectivity index (χ2v) is 13.0. The zero-order chi connectivity index (χ0) is 37.3. The molecular formula is C48H40O6. The lowest BCUT2D eigenvalue weighted by Gasteiger charge is -2.26. The maximum absolute atomic E-state index is 5.91. The molecular weight excluding hydrogens is 673 g/mol. The van der Waals surface area contributed by atoms with Crippen molar-refractivity contribution in [1.82, 2.24) is 0 Å². The monoisotopic (exact) mass is 712 g/mol. The van der Waals surface area contributed by atoms with Gasteiger partial charge in [-0.1, -0.05) is 60.7 Å². The fraction of sp³-hybridized carbons (Fsp3) is 0.125. The topological polar surface area (TPSA) is 55.4 Å². The van der Waals surface area contributed by atoms with E-state index in [1.165, 1.54) is 0 Å². The van der Waals surface area contributed by atoms with Gasteiger partial charge in [0.05, 0.1) is 42.7 Å². The third-order valence-corrected chi connectivity index (χ3v) is 10.3. The average molecular weight is 713 g/mol. The van der Waals surface area contributed by atoms with E-state index < -0.39 is 0 Å². The molecule has 0 atom stereocenters. The molecule has 268 valence electrons. The van der Waals surface area contributed by atoms with Crippen LogP contribution in [0.2, 0.25) is 0 Å². The van der Waals surface area contributed by atoms with Gasteiger partial charge in [-0.2, -0.15) is 0 Å². The van der Waals surface area contributed by atoms with Crippen LogP contribution in [0.3, 0.4) is 0 Å². The number of benzene rings is 8. The largest absolute Gasteiger partial charge is 0.497 e. The highest BCUT2D eigenvalue weighted by molar-refractivity contribution is 6.34. The SMILES string of the molecule is COc1ccc(-c2c3ccc(OC)cc3c(-c3ccc(OC)cc3)c3c(-c4ccc(OC)cc4)c4ccc(OC)cc4c(-c4ccc(OC)cc4)c23)cc1. The zero-order valence-corrected chi connectivity index (χ0v) is 31.2. The Kier molecular flexibility index (Phi) is 9.18. The standard InChI is InChI=1S/C48H40O6/c1-49-33-15-7-29(8-16-33)43-39-25-23-37(53-5)27-41(39)46(32-13-21-36(52-4)22-14-32)48-44(30-9-17-34(50-2)18-10-30)40-26-24-38(54-6)28-42(40)45(47(43)48)31-11-19-35(51-3)20-12-31/h7-28H,1-6H3. The Labute approximate surface area is 315 Å². The van der Waals surface area contributed by atoms with Crippen LogP contribution >= 0.6 is 0 Å². The van der Waals surface area contributed by atoms with Crippen LogP contribution in [0.4, 0.5) is 0 Å². The van der Waals surface area contributed by atoms with Gasteiger partial charge in [0.2, 0.25) is 0 Å². The lowest BCUT2D eigenvalue weighted by molar-refractivity contribution is 0.414. The van der Waals surface area contributed by atoms with E-state index in [2.05, 4.69) is 72.8 Å². The summed E-state index contributed by atoms with van der Waals surface area (Å²) in [7, 11) is 10.2. The van der Waals surface area contributed by atoms with Crippen molar-refractivity contribution in [1.29, 1.82) is 0 Å². The van der Waals surface area contributed by atoms with Gasteiger partial charge in [0.1, 0.15) is 34.5 Å². The summed E-state index contributed by atoms with van der Waals surface area (Å²) in [5, 5.41) is 6.47. The van der Waals surface area contributed by atoms with Crippen LogP contribution < -0.4 is 28.4 Å². The summed E-state index contributed by atoms with van der Waals surface area (Å²) < 4.78 is 34.4. The van der Waals surface area contributed by atoms with E-state index in [1.54, 1.807) is 42.7 Å². The third-order valence-electron chi connectivity index (χ3n) is 10.3. The predicted molar refractivity (Wildman–Crippen MR) is 220 cm³/mol. The Morgan fingerprint density at radius 2 is 0.463 bits per heavy atom. The second-order valence-electron chi connectivity index (χ2n) is 13.0. The number of fused-ring (bicyclic) bond motifs is 3. The first-order valence-corrected chi connectivity index (χ1v) is 17.7. The molecule has 0 aliphatic heterocycles. The molecule has 0 aliphatic rings. The van der Waals surface area contributed by atoms with Gasteiger partial charge in [-0.3, -0.25) is 0 Å². The smallest absolute Gasteiger partial charge is 0.119 e. The van der Waals surface area contributed by atoms with E-state index in [0.717, 1.165) is 111 Å². The summed E-state index contributed by atoms with van der Waals surface area (Å²) in [5.41, 5.74) is 8.53. The van der Waals surface area contributed by atoms with Crippen LogP contribution in [0.15, 0.2) is 133 Å². The van der Waals surface area contributed by atoms with Gasteiger partial charge < -0.3 is 28.4 Å². The molecule has 0 fully saturated rings. The highest BCUT2D eigenvalue weighted by Crippen LogP contribution is 2.54. The fourth-order valence-corrected chi connectivity index (χ4v) is 7.67. The minimum Gasteiger partial charge on any atom is -0.497 e. The molecule has 0 N–H and O–H groups in total. The Balaban J connectivity index is 1.72. The van der Waals surface area contributed by atoms with Crippen LogP contribution in [-0.4, -0.2) is 42.7 Å². The molecule has 0 amide bonds. The Hall–Kier alpha value is -6.66. The Morgan fingerprint density at radius 1 is 0.241 bits per heavy atom. The molecule has 54 heavy (non-hydrogen) atoms. The van der Waals surface area contributed by atoms with Crippen LogP contribution in [0.5, 0.6) is 34.5 Å². The summed E-state index contributed by atoms with van der Waals surface area (Å²) in [6.07, 6.45) is 0. The normalized spacial score (nSPS) is 11.1. The van der Waals surface area contributed by atoms with Gasteiger partial charge in [0.15, 0.2) is 0 Å². The van der Waals surface area contributed by atoms with Crippen molar-refractivity contribution in [3.63, 3.8) is 0 Å². The van der Waals surface area contributed by atoms with E-state index >= 15 is 0 Å². The maximum Gasteiger partial charge on any atom is 0.119 e. The van der Waals surface area contributed by atoms with Crippen LogP contribution in [0.25, 0.3) is 76.8 Å². The minimum absolute atomic E-state index is 0.768. The summed E-state index contributed by atoms with van der Waals surface area (Å²) >= 11 is 0. The molecule has 6 nitrogen and oxygen atoms in total. The van der Waals surface area contributed by atoms with Crippen LogP contribution in [0, 0.1) is 0 Å². The van der Waals surface area contributed by atoms with Gasteiger partial charge in [0.25, 0.3) is 0 Å². The van der Waals surface area contributed by atoms with E-state index in [9.17, 15) is 0 Å². The molecule has 6 heteroatoms. The molecule has 0 radical (unpaired) electrons. The van der Waals surface area contributed by atoms with Gasteiger partial charge in [-0.05, 0) is 150 Å². The summed E-state index contributed by atoms with van der Waals surface area (Å²) in [4.78, 5) is 0. The molecule has 0 heterocycles. The number of rotatable bonds is 10. The molecule has 8 aromatic carbocycles. The van der Waals surface area contributed by atoms with E-state index in [1.807, 2.05) is 60.7 Å². The van der Waals surface area contributed by atoms with Crippen molar-refractivity contribution in [3.05, 3.63) is 133 Å². The summed E-state index contributed by atoms with van der Waals surface area (Å²) in [6.45, 7) is 0. The summed E-state index contributed by atoms with van der Waals surface area (Å²) in [6, 6.07) is 46.1. The van der Waals surface area contributed by atoms with Gasteiger partial charge >= 0.3 is 0 Å². The minimum atomic E-state index is 0.768. The molecule has 0 unspecified atom stereocenters. The molecule has 0 saturated carbocycles. The third kappa shape index (κ3) is 5.86. The van der Waals surface area contributed by atoms with Crippen molar-refractivity contribution in [3.8, 4) is 79.0 Å². The number of hydrogen-bond acceptors (Lipinski definition) is 6. The number of ether oxygens (including phenoxy) is 6. The van der Waals surface area contributed by atoms with Crippen molar-refractivity contribution >= 4 is 32.3 Å². The second kappa shape index (κ2) is 14.4. The highest BCUT2D eigenvalue weighted by atomic mass is 16.5. The van der Waals surface area contributed by atoms with Crippen molar-refractivity contribution < 1.29 is 28.4 Å². The van der Waals surface area contributed by atoms with E-state index in [-0.39, 0.29) is 0 Å². The van der Waals surface area contributed by atoms with E-state index in [0.29, 0.717) is 0 Å². The van der Waals surface area contributed by atoms with Crippen molar-refractivity contribution in [2.45, 2.75) is 0 Å². The quantitative estimate of drug-likeness (QED) is 0.132. The van der Waals surface area contributed by atoms with E-state index in [4.69, 9.17) is 28.4 Å². The molecule has 0 aliphatic carbocycles. The first-order valence-electron chi connectivity index (χ1n) is 17.7. The molecule has 0 bridgehead atoms. The van der Waals surface area contributed by atoms with Gasteiger partial charge in [-0.25, -0.2) is 0 Å². The van der Waals surface area contributed by atoms with Gasteiger partial charge in [0, 0.05) is 0 Å². The van der Waals surface area contributed by atoms with Crippen LogP contribution in [0.1, 0.15) is 0 Å². The predicted octanol–water partition coefficient (Wildman–Crippen LogP) is 11.9. The molecule has 8 aromatic rings. The maximum atomic E-state index is 5.91. The van der Waals surface area contributed by atoms with Crippen molar-refractivity contribution in [2.75, 3.05) is 42.7 Å². The van der Waals surface area contributed by atoms with Crippen molar-refractivity contribution in [2.24, 2.45) is 0 Å². The van der Waals surface area contributed by atoms with Crippen LogP contribution in [-0.2, 0) is 0 Å². The molecule has 0 spiro atoms. The summed E-state index contributed by atoms with van der Waals surface area (Å²) in [5.74, 6) is 4.67. The number of methoxy groups -OCH3 is 6.